The van der Waals surface area contributed by atoms with Crippen LogP contribution in [0.25, 0.3) is 0 Å². The second-order valence-electron chi connectivity index (χ2n) is 1.75. The summed E-state index contributed by atoms with van der Waals surface area (Å²) in [4.78, 5) is 0. The third-order valence-corrected chi connectivity index (χ3v) is 1.91. The first-order chi connectivity index (χ1) is 3.97. The van der Waals surface area contributed by atoms with Crippen LogP contribution in [-0.2, 0) is 9.05 Å². The summed E-state index contributed by atoms with van der Waals surface area (Å²) < 4.78 is 10.2. The highest BCUT2D eigenvalue weighted by Crippen LogP contribution is 2.35. The molecule has 0 amide bonds. The van der Waals surface area contributed by atoms with Gasteiger partial charge in [-0.3, -0.25) is 0 Å². The first-order valence-corrected chi connectivity index (χ1v) is 3.29. The quantitative estimate of drug-likeness (QED) is 0.481. The maximum absolute atomic E-state index is 5.15. The van der Waals surface area contributed by atoms with Crippen molar-refractivity contribution in [3.63, 3.8) is 0 Å². The van der Waals surface area contributed by atoms with E-state index in [1.807, 2.05) is 6.20 Å². The van der Waals surface area contributed by atoms with Crippen LogP contribution in [0.4, 0.5) is 0 Å². The zero-order chi connectivity index (χ0) is 5.40. The topological polar surface area (TPSA) is 30.5 Å². The van der Waals surface area contributed by atoms with Gasteiger partial charge in [0, 0.05) is 12.7 Å². The minimum atomic E-state index is 0.216. The van der Waals surface area contributed by atoms with Crippen LogP contribution in [0.1, 0.15) is 0 Å². The van der Waals surface area contributed by atoms with Crippen molar-refractivity contribution in [2.75, 3.05) is 6.54 Å². The van der Waals surface area contributed by atoms with E-state index in [9.17, 15) is 0 Å². The summed E-state index contributed by atoms with van der Waals surface area (Å²) in [5.74, 6) is 0.961. The van der Waals surface area contributed by atoms with E-state index >= 15 is 0 Å². The number of nitrogens with one attached hydrogen (secondary N) is 1. The summed E-state index contributed by atoms with van der Waals surface area (Å²) in [5.41, 5.74) is 0. The lowest BCUT2D eigenvalue weighted by Crippen LogP contribution is -2.13. The fourth-order valence-corrected chi connectivity index (χ4v) is 1.44. The fraction of sp³-hybridized carbons (Fsp3) is 0.500. The molecule has 4 heteroatoms. The van der Waals surface area contributed by atoms with Gasteiger partial charge in [0.25, 0.3) is 0 Å². The molecule has 2 aliphatic heterocycles. The Labute approximate surface area is 49.0 Å². The van der Waals surface area contributed by atoms with Crippen LogP contribution < -0.4 is 5.32 Å². The molecule has 2 heterocycles. The summed E-state index contributed by atoms with van der Waals surface area (Å²) in [6.07, 6.45) is 2.08. The SMILES string of the molecule is C1=C2OPOC2CN1. The normalized spacial score (nSPS) is 36.0. The van der Waals surface area contributed by atoms with Crippen molar-refractivity contribution < 1.29 is 9.05 Å². The molecule has 2 unspecified atom stereocenters. The molecule has 2 aliphatic rings. The molecule has 1 fully saturated rings. The molecule has 0 aromatic heterocycles. The maximum atomic E-state index is 5.15. The highest BCUT2D eigenvalue weighted by molar-refractivity contribution is 7.26. The monoisotopic (exact) mass is 131 g/mol. The van der Waals surface area contributed by atoms with Gasteiger partial charge in [0.1, 0.15) is 11.9 Å². The van der Waals surface area contributed by atoms with Gasteiger partial charge in [0.15, 0.2) is 0 Å². The smallest absolute Gasteiger partial charge is 0.215 e. The van der Waals surface area contributed by atoms with Crippen molar-refractivity contribution in [3.8, 4) is 0 Å². The zero-order valence-corrected chi connectivity index (χ0v) is 5.18. The van der Waals surface area contributed by atoms with E-state index in [-0.39, 0.29) is 15.1 Å². The van der Waals surface area contributed by atoms with Crippen molar-refractivity contribution >= 4 is 9.03 Å². The fourth-order valence-electron chi connectivity index (χ4n) is 0.785. The van der Waals surface area contributed by atoms with E-state index in [2.05, 4.69) is 5.32 Å². The Morgan fingerprint density at radius 1 is 1.88 bits per heavy atom. The third kappa shape index (κ3) is 0.518. The van der Waals surface area contributed by atoms with Gasteiger partial charge in [0.05, 0.1) is 0 Å². The maximum Gasteiger partial charge on any atom is 0.215 e. The van der Waals surface area contributed by atoms with Gasteiger partial charge in [0.2, 0.25) is 9.03 Å². The molecule has 0 spiro atoms. The molecule has 0 saturated carbocycles. The van der Waals surface area contributed by atoms with Crippen molar-refractivity contribution in [2.45, 2.75) is 6.10 Å². The van der Waals surface area contributed by atoms with Crippen LogP contribution in [0.5, 0.6) is 0 Å². The second kappa shape index (κ2) is 1.61. The molecular weight excluding hydrogens is 125 g/mol. The van der Waals surface area contributed by atoms with Gasteiger partial charge in [-0.05, 0) is 0 Å². The van der Waals surface area contributed by atoms with Crippen LogP contribution in [0.2, 0.25) is 0 Å². The molecule has 0 bridgehead atoms. The minimum Gasteiger partial charge on any atom is -0.450 e. The van der Waals surface area contributed by atoms with E-state index in [0.29, 0.717) is 0 Å². The van der Waals surface area contributed by atoms with Gasteiger partial charge in [-0.15, -0.1) is 0 Å². The lowest BCUT2D eigenvalue weighted by atomic mass is 10.4. The molecule has 0 aromatic carbocycles. The first kappa shape index (κ1) is 4.59. The standard InChI is InChI=1S/C4H6NO2P/c1-3-4(2-5-1)7-8-6-3/h1,4-5,8H,2H2. The van der Waals surface area contributed by atoms with E-state index in [1.165, 1.54) is 0 Å². The lowest BCUT2D eigenvalue weighted by molar-refractivity contribution is 0.301. The molecule has 2 atom stereocenters. The van der Waals surface area contributed by atoms with Gasteiger partial charge in [-0.25, -0.2) is 0 Å². The van der Waals surface area contributed by atoms with Crippen molar-refractivity contribution in [2.24, 2.45) is 0 Å². The summed E-state index contributed by atoms with van der Waals surface area (Å²) in [7, 11) is 0.219. The number of hydrogen-bond donors (Lipinski definition) is 1. The predicted molar refractivity (Wildman–Crippen MR) is 30.4 cm³/mol. The Bertz CT molecular complexity index is 136. The van der Waals surface area contributed by atoms with Crippen molar-refractivity contribution in [1.82, 2.24) is 5.32 Å². The summed E-state index contributed by atoms with van der Waals surface area (Å²) in [6, 6.07) is 0. The van der Waals surface area contributed by atoms with E-state index < -0.39 is 0 Å². The van der Waals surface area contributed by atoms with Crippen LogP contribution in [0, 0.1) is 0 Å². The highest BCUT2D eigenvalue weighted by Gasteiger charge is 2.27. The molecular formula is C4H6NO2P. The molecule has 0 aromatic rings. The Morgan fingerprint density at radius 2 is 2.88 bits per heavy atom. The van der Waals surface area contributed by atoms with Crippen LogP contribution >= 0.6 is 9.03 Å². The molecule has 2 rings (SSSR count). The molecule has 1 N–H and O–H groups in total. The zero-order valence-electron chi connectivity index (χ0n) is 4.18. The first-order valence-electron chi connectivity index (χ1n) is 2.48. The van der Waals surface area contributed by atoms with E-state index in [0.717, 1.165) is 12.3 Å². The molecule has 0 radical (unpaired) electrons. The second-order valence-corrected chi connectivity index (χ2v) is 2.35. The van der Waals surface area contributed by atoms with Gasteiger partial charge >= 0.3 is 0 Å². The lowest BCUT2D eigenvalue weighted by Gasteiger charge is -1.95. The Balaban J connectivity index is 2.20. The highest BCUT2D eigenvalue weighted by atomic mass is 31.1. The largest absolute Gasteiger partial charge is 0.450 e. The third-order valence-electron chi connectivity index (χ3n) is 1.21. The van der Waals surface area contributed by atoms with Crippen LogP contribution in [0.3, 0.4) is 0 Å². The molecule has 1 saturated heterocycles. The number of fused-ring (bicyclic) bond motifs is 1. The number of rotatable bonds is 0. The Hall–Kier alpha value is -0.270. The molecule has 3 nitrogen and oxygen atoms in total. The van der Waals surface area contributed by atoms with Crippen LogP contribution in [0.15, 0.2) is 12.0 Å². The molecule has 8 heavy (non-hydrogen) atoms. The average molecular weight is 131 g/mol. The van der Waals surface area contributed by atoms with E-state index in [1.54, 1.807) is 0 Å². The predicted octanol–water partition coefficient (Wildman–Crippen LogP) is 0.355. The number of hydrogen-bond acceptors (Lipinski definition) is 3. The summed E-state index contributed by atoms with van der Waals surface area (Å²) >= 11 is 0. The van der Waals surface area contributed by atoms with Crippen molar-refractivity contribution in [1.29, 1.82) is 0 Å². The molecule has 44 valence electrons. The Morgan fingerprint density at radius 3 is 3.75 bits per heavy atom. The van der Waals surface area contributed by atoms with Gasteiger partial charge < -0.3 is 14.4 Å². The summed E-state index contributed by atoms with van der Waals surface area (Å²) in [5, 5.41) is 3.02. The van der Waals surface area contributed by atoms with Crippen molar-refractivity contribution in [3.05, 3.63) is 12.0 Å². The van der Waals surface area contributed by atoms with Gasteiger partial charge in [-0.1, -0.05) is 0 Å². The van der Waals surface area contributed by atoms with Crippen LogP contribution in [-0.4, -0.2) is 12.6 Å². The molecule has 0 aliphatic carbocycles. The Kier molecular flexibility index (Phi) is 0.922. The minimum absolute atomic E-state index is 0.216. The van der Waals surface area contributed by atoms with E-state index in [4.69, 9.17) is 9.05 Å². The van der Waals surface area contributed by atoms with Gasteiger partial charge in [-0.2, -0.15) is 0 Å². The average Bonchev–Trinajstić information content (AvgIpc) is 2.15. The summed E-state index contributed by atoms with van der Waals surface area (Å²) in [6.45, 7) is 0.877.